The summed E-state index contributed by atoms with van der Waals surface area (Å²) in [5.74, 6) is 0. The predicted molar refractivity (Wildman–Crippen MR) is 53.1 cm³/mol. The van der Waals surface area contributed by atoms with Gasteiger partial charge in [-0.1, -0.05) is 11.6 Å². The maximum Gasteiger partial charge on any atom is 0.390 e. The molecule has 0 unspecified atom stereocenters. The van der Waals surface area contributed by atoms with Gasteiger partial charge >= 0.3 is 6.18 Å². The molecule has 1 N–H and O–H groups in total. The summed E-state index contributed by atoms with van der Waals surface area (Å²) in [5, 5.41) is 2.96. The van der Waals surface area contributed by atoms with Crippen LogP contribution in [0.1, 0.15) is 12.0 Å². The number of nitrogens with zero attached hydrogens (tertiary/aromatic N) is 1. The summed E-state index contributed by atoms with van der Waals surface area (Å²) in [4.78, 5) is 3.80. The van der Waals surface area contributed by atoms with Gasteiger partial charge in [-0.15, -0.1) is 0 Å². The number of alkyl halides is 3. The van der Waals surface area contributed by atoms with Gasteiger partial charge in [-0.2, -0.15) is 13.2 Å². The lowest BCUT2D eigenvalue weighted by molar-refractivity contribution is -0.131. The highest BCUT2D eigenvalue weighted by molar-refractivity contribution is 6.30. The van der Waals surface area contributed by atoms with E-state index in [0.717, 1.165) is 0 Å². The minimum atomic E-state index is -4.14. The Morgan fingerprint density at radius 3 is 2.73 bits per heavy atom. The van der Waals surface area contributed by atoms with Gasteiger partial charge in [0.25, 0.3) is 0 Å². The van der Waals surface area contributed by atoms with Gasteiger partial charge in [-0.3, -0.25) is 0 Å². The quantitative estimate of drug-likeness (QED) is 0.817. The molecular formula is C9H10ClF3N2. The second-order valence-electron chi connectivity index (χ2n) is 3.07. The van der Waals surface area contributed by atoms with Crippen LogP contribution >= 0.6 is 11.6 Å². The monoisotopic (exact) mass is 238 g/mol. The summed E-state index contributed by atoms with van der Waals surface area (Å²) < 4.78 is 35.6. The fourth-order valence-electron chi connectivity index (χ4n) is 1.04. The molecule has 15 heavy (non-hydrogen) atoms. The van der Waals surface area contributed by atoms with Gasteiger partial charge in [0.05, 0.1) is 6.42 Å². The van der Waals surface area contributed by atoms with E-state index in [1.807, 2.05) is 0 Å². The zero-order chi connectivity index (χ0) is 11.5. The van der Waals surface area contributed by atoms with Crippen LogP contribution in [0.3, 0.4) is 0 Å². The van der Waals surface area contributed by atoms with E-state index in [0.29, 0.717) is 16.4 Å². The van der Waals surface area contributed by atoms with E-state index in [-0.39, 0.29) is 6.54 Å². The van der Waals surface area contributed by atoms with Crippen molar-refractivity contribution in [3.63, 3.8) is 0 Å². The van der Waals surface area contributed by atoms with Crippen molar-refractivity contribution in [3.8, 4) is 0 Å². The number of aromatic nitrogens is 1. The maximum atomic E-state index is 11.9. The summed E-state index contributed by atoms with van der Waals surface area (Å²) in [5.41, 5.74) is 1.24. The highest BCUT2D eigenvalue weighted by Gasteiger charge is 2.26. The molecular weight excluding hydrogens is 229 g/mol. The van der Waals surface area contributed by atoms with E-state index >= 15 is 0 Å². The summed E-state index contributed by atoms with van der Waals surface area (Å²) in [7, 11) is 0. The van der Waals surface area contributed by atoms with Crippen molar-refractivity contribution in [2.24, 2.45) is 0 Å². The van der Waals surface area contributed by atoms with Gasteiger partial charge < -0.3 is 5.32 Å². The van der Waals surface area contributed by atoms with Crippen molar-refractivity contribution in [2.75, 3.05) is 11.9 Å². The third-order valence-electron chi connectivity index (χ3n) is 1.87. The Labute approximate surface area is 90.5 Å². The third kappa shape index (κ3) is 3.95. The number of pyridine rings is 1. The largest absolute Gasteiger partial charge is 0.390 e. The maximum absolute atomic E-state index is 11.9. The molecule has 0 bridgehead atoms. The molecule has 0 aliphatic heterocycles. The van der Waals surface area contributed by atoms with Crippen LogP contribution in [0.4, 0.5) is 18.9 Å². The molecule has 0 aromatic carbocycles. The molecule has 1 aromatic rings. The van der Waals surface area contributed by atoms with Gasteiger partial charge in [0.1, 0.15) is 5.15 Å². The average molecular weight is 239 g/mol. The normalized spacial score (nSPS) is 11.5. The number of anilines is 1. The Hall–Kier alpha value is -0.970. The molecule has 2 nitrogen and oxygen atoms in total. The Bertz CT molecular complexity index is 339. The van der Waals surface area contributed by atoms with Crippen LogP contribution in [0, 0.1) is 6.92 Å². The number of hydrogen-bond donors (Lipinski definition) is 1. The smallest absolute Gasteiger partial charge is 0.384 e. The van der Waals surface area contributed by atoms with E-state index in [4.69, 9.17) is 11.6 Å². The number of halogens is 4. The lowest BCUT2D eigenvalue weighted by Gasteiger charge is -2.11. The highest BCUT2D eigenvalue weighted by Crippen LogP contribution is 2.22. The number of hydrogen-bond acceptors (Lipinski definition) is 2. The van der Waals surface area contributed by atoms with E-state index in [1.54, 1.807) is 13.0 Å². The van der Waals surface area contributed by atoms with Crippen molar-refractivity contribution in [1.82, 2.24) is 4.98 Å². The van der Waals surface area contributed by atoms with E-state index in [1.165, 1.54) is 6.20 Å². The molecule has 1 aromatic heterocycles. The molecule has 6 heteroatoms. The molecule has 0 saturated carbocycles. The summed E-state index contributed by atoms with van der Waals surface area (Å²) in [6.07, 6.45) is -3.56. The first-order valence-electron chi connectivity index (χ1n) is 4.32. The van der Waals surface area contributed by atoms with E-state index < -0.39 is 12.6 Å². The fourth-order valence-corrected chi connectivity index (χ4v) is 1.20. The van der Waals surface area contributed by atoms with Crippen molar-refractivity contribution in [1.29, 1.82) is 0 Å². The van der Waals surface area contributed by atoms with Crippen molar-refractivity contribution < 1.29 is 13.2 Å². The molecule has 0 saturated heterocycles. The SMILES string of the molecule is Cc1c(NCCC(F)(F)F)ccnc1Cl. The van der Waals surface area contributed by atoms with E-state index in [2.05, 4.69) is 10.3 Å². The molecule has 1 rings (SSSR count). The summed E-state index contributed by atoms with van der Waals surface area (Å²) >= 11 is 5.71. The van der Waals surface area contributed by atoms with Gasteiger partial charge in [0.15, 0.2) is 0 Å². The van der Waals surface area contributed by atoms with Crippen molar-refractivity contribution in [2.45, 2.75) is 19.5 Å². The Morgan fingerprint density at radius 2 is 2.13 bits per heavy atom. The van der Waals surface area contributed by atoms with Gasteiger partial charge in [-0.25, -0.2) is 4.98 Å². The number of nitrogens with one attached hydrogen (secondary N) is 1. The summed E-state index contributed by atoms with van der Waals surface area (Å²) in [6, 6.07) is 1.59. The lowest BCUT2D eigenvalue weighted by Crippen LogP contribution is -2.15. The van der Waals surface area contributed by atoms with E-state index in [9.17, 15) is 13.2 Å². The minimum Gasteiger partial charge on any atom is -0.384 e. The van der Waals surface area contributed by atoms with Crippen LogP contribution in [0.5, 0.6) is 0 Å². The van der Waals surface area contributed by atoms with Crippen LogP contribution < -0.4 is 5.32 Å². The van der Waals surface area contributed by atoms with Gasteiger partial charge in [0.2, 0.25) is 0 Å². The zero-order valence-electron chi connectivity index (χ0n) is 8.03. The standard InChI is InChI=1S/C9H10ClF3N2/c1-6-7(2-4-15-8(6)10)14-5-3-9(11,12)13/h2,4H,3,5H2,1H3,(H,14,15). The highest BCUT2D eigenvalue weighted by atomic mass is 35.5. The Balaban J connectivity index is 2.55. The molecule has 0 aliphatic rings. The van der Waals surface area contributed by atoms with Crippen LogP contribution in [0.2, 0.25) is 5.15 Å². The second-order valence-corrected chi connectivity index (χ2v) is 3.42. The van der Waals surface area contributed by atoms with Gasteiger partial charge in [0, 0.05) is 24.0 Å². The van der Waals surface area contributed by atoms with Crippen LogP contribution in [-0.2, 0) is 0 Å². The fraction of sp³-hybridized carbons (Fsp3) is 0.444. The topological polar surface area (TPSA) is 24.9 Å². The molecule has 1 heterocycles. The van der Waals surface area contributed by atoms with Crippen molar-refractivity contribution in [3.05, 3.63) is 23.0 Å². The molecule has 84 valence electrons. The Kier molecular flexibility index (Phi) is 3.79. The molecule has 0 spiro atoms. The first kappa shape index (κ1) is 12.1. The number of rotatable bonds is 3. The van der Waals surface area contributed by atoms with Gasteiger partial charge in [-0.05, 0) is 13.0 Å². The first-order chi connectivity index (χ1) is 6.90. The van der Waals surface area contributed by atoms with Crippen molar-refractivity contribution >= 4 is 17.3 Å². The summed E-state index contributed by atoms with van der Waals surface area (Å²) in [6.45, 7) is 1.54. The lowest BCUT2D eigenvalue weighted by atomic mass is 10.2. The molecule has 0 fully saturated rings. The van der Waals surface area contributed by atoms with Crippen LogP contribution in [-0.4, -0.2) is 17.7 Å². The van der Waals surface area contributed by atoms with Crippen LogP contribution in [0.25, 0.3) is 0 Å². The predicted octanol–water partition coefficient (Wildman–Crippen LogP) is 3.41. The average Bonchev–Trinajstić information content (AvgIpc) is 2.10. The zero-order valence-corrected chi connectivity index (χ0v) is 8.78. The van der Waals surface area contributed by atoms with Crippen LogP contribution in [0.15, 0.2) is 12.3 Å². The minimum absolute atomic E-state index is 0.162. The molecule has 0 amide bonds. The second kappa shape index (κ2) is 4.70. The third-order valence-corrected chi connectivity index (χ3v) is 2.25. The Morgan fingerprint density at radius 1 is 1.47 bits per heavy atom. The molecule has 0 aliphatic carbocycles. The molecule has 0 atom stereocenters. The first-order valence-corrected chi connectivity index (χ1v) is 4.69. The molecule has 0 radical (unpaired) electrons.